The van der Waals surface area contributed by atoms with E-state index < -0.39 is 0 Å². The molecule has 0 aromatic carbocycles. The van der Waals surface area contributed by atoms with Gasteiger partial charge >= 0.3 is 0 Å². The Bertz CT molecular complexity index is 230. The van der Waals surface area contributed by atoms with Gasteiger partial charge in [0.05, 0.1) is 12.5 Å². The molecule has 0 amide bonds. The zero-order chi connectivity index (χ0) is 11.3. The van der Waals surface area contributed by atoms with Gasteiger partial charge in [0.15, 0.2) is 0 Å². The fraction of sp³-hybridized carbons (Fsp3) is 0.917. The molecule has 0 bridgehead atoms. The summed E-state index contributed by atoms with van der Waals surface area (Å²) in [4.78, 5) is 2.52. The van der Waals surface area contributed by atoms with Gasteiger partial charge in [-0.05, 0) is 26.8 Å². The van der Waals surface area contributed by atoms with E-state index in [2.05, 4.69) is 37.1 Å². The molecule has 86 valence electrons. The lowest BCUT2D eigenvalue weighted by Crippen LogP contribution is -2.61. The fourth-order valence-electron chi connectivity index (χ4n) is 2.07. The highest BCUT2D eigenvalue weighted by Crippen LogP contribution is 2.19. The summed E-state index contributed by atoms with van der Waals surface area (Å²) < 4.78 is 0. The van der Waals surface area contributed by atoms with E-state index in [1.165, 1.54) is 12.8 Å². The molecule has 0 spiro atoms. The van der Waals surface area contributed by atoms with Crippen LogP contribution in [0.5, 0.6) is 0 Å². The van der Waals surface area contributed by atoms with Gasteiger partial charge in [-0.25, -0.2) is 0 Å². The van der Waals surface area contributed by atoms with Crippen LogP contribution in [0.1, 0.15) is 40.0 Å². The van der Waals surface area contributed by atoms with Crippen LogP contribution in [0.25, 0.3) is 0 Å². The minimum absolute atomic E-state index is 0.237. The SMILES string of the molecule is CCCCN1CC(CC#N)NCC1(C)C. The van der Waals surface area contributed by atoms with E-state index in [1.54, 1.807) is 0 Å². The lowest BCUT2D eigenvalue weighted by atomic mass is 9.96. The van der Waals surface area contributed by atoms with Crippen molar-refractivity contribution in [2.24, 2.45) is 0 Å². The van der Waals surface area contributed by atoms with Crippen molar-refractivity contribution in [2.75, 3.05) is 19.6 Å². The van der Waals surface area contributed by atoms with E-state index in [0.29, 0.717) is 12.5 Å². The van der Waals surface area contributed by atoms with Crippen molar-refractivity contribution < 1.29 is 0 Å². The molecule has 15 heavy (non-hydrogen) atoms. The number of nitrogens with one attached hydrogen (secondary N) is 1. The summed E-state index contributed by atoms with van der Waals surface area (Å²) in [6.07, 6.45) is 3.12. The van der Waals surface area contributed by atoms with Crippen molar-refractivity contribution in [2.45, 2.75) is 51.6 Å². The number of piperazine rings is 1. The maximum atomic E-state index is 8.70. The Morgan fingerprint density at radius 2 is 2.27 bits per heavy atom. The van der Waals surface area contributed by atoms with E-state index in [1.807, 2.05) is 0 Å². The quantitative estimate of drug-likeness (QED) is 0.766. The normalized spacial score (nSPS) is 26.1. The summed E-state index contributed by atoms with van der Waals surface area (Å²) in [5.74, 6) is 0. The Balaban J connectivity index is 2.50. The van der Waals surface area contributed by atoms with Crippen molar-refractivity contribution in [1.29, 1.82) is 5.26 Å². The number of nitrogens with zero attached hydrogens (tertiary/aromatic N) is 2. The molecule has 1 fully saturated rings. The minimum atomic E-state index is 0.237. The van der Waals surface area contributed by atoms with Crippen LogP contribution in [0, 0.1) is 11.3 Å². The van der Waals surface area contributed by atoms with Gasteiger partial charge in [0.25, 0.3) is 0 Å². The standard InChI is InChI=1S/C12H23N3/c1-4-5-8-15-9-11(6-7-13)14-10-12(15,2)3/h11,14H,4-6,8-10H2,1-3H3. The first-order chi connectivity index (χ1) is 7.10. The summed E-state index contributed by atoms with van der Waals surface area (Å²) in [6.45, 7) is 9.94. The van der Waals surface area contributed by atoms with Gasteiger partial charge < -0.3 is 5.32 Å². The molecule has 1 aliphatic rings. The molecule has 1 aliphatic heterocycles. The van der Waals surface area contributed by atoms with Crippen molar-refractivity contribution >= 4 is 0 Å². The molecule has 1 heterocycles. The predicted molar refractivity (Wildman–Crippen MR) is 62.6 cm³/mol. The lowest BCUT2D eigenvalue weighted by molar-refractivity contribution is 0.0658. The van der Waals surface area contributed by atoms with Crippen molar-refractivity contribution in [1.82, 2.24) is 10.2 Å². The first kappa shape index (κ1) is 12.5. The summed E-state index contributed by atoms with van der Waals surface area (Å²) in [6, 6.07) is 2.61. The highest BCUT2D eigenvalue weighted by Gasteiger charge is 2.32. The number of rotatable bonds is 4. The molecule has 1 saturated heterocycles. The van der Waals surface area contributed by atoms with E-state index in [0.717, 1.165) is 19.6 Å². The van der Waals surface area contributed by atoms with Crippen LogP contribution in [0.15, 0.2) is 0 Å². The fourth-order valence-corrected chi connectivity index (χ4v) is 2.07. The van der Waals surface area contributed by atoms with Gasteiger partial charge in [-0.3, -0.25) is 4.90 Å². The van der Waals surface area contributed by atoms with Crippen LogP contribution in [-0.4, -0.2) is 36.1 Å². The molecule has 3 heteroatoms. The monoisotopic (exact) mass is 209 g/mol. The molecule has 1 N–H and O–H groups in total. The predicted octanol–water partition coefficient (Wildman–Crippen LogP) is 1.75. The third-order valence-corrected chi connectivity index (χ3v) is 3.24. The maximum absolute atomic E-state index is 8.70. The van der Waals surface area contributed by atoms with Crippen molar-refractivity contribution in [3.05, 3.63) is 0 Å². The molecule has 0 aromatic heterocycles. The molecule has 1 unspecified atom stereocenters. The maximum Gasteiger partial charge on any atom is 0.0638 e. The van der Waals surface area contributed by atoms with Gasteiger partial charge in [0.2, 0.25) is 0 Å². The first-order valence-electron chi connectivity index (χ1n) is 5.95. The Labute approximate surface area is 93.5 Å². The van der Waals surface area contributed by atoms with E-state index in [9.17, 15) is 0 Å². The average molecular weight is 209 g/mol. The summed E-state index contributed by atoms with van der Waals surface area (Å²) in [5.41, 5.74) is 0.237. The van der Waals surface area contributed by atoms with E-state index >= 15 is 0 Å². The van der Waals surface area contributed by atoms with Gasteiger partial charge in [0, 0.05) is 24.7 Å². The number of hydrogen-bond acceptors (Lipinski definition) is 3. The molecule has 0 saturated carbocycles. The Morgan fingerprint density at radius 3 is 2.87 bits per heavy atom. The molecule has 0 aliphatic carbocycles. The van der Waals surface area contributed by atoms with Gasteiger partial charge in [-0.1, -0.05) is 13.3 Å². The largest absolute Gasteiger partial charge is 0.310 e. The number of nitriles is 1. The Hall–Kier alpha value is -0.590. The second kappa shape index (κ2) is 5.48. The lowest BCUT2D eigenvalue weighted by Gasteiger charge is -2.45. The van der Waals surface area contributed by atoms with Crippen LogP contribution in [0.4, 0.5) is 0 Å². The third kappa shape index (κ3) is 3.48. The van der Waals surface area contributed by atoms with Crippen LogP contribution in [0.2, 0.25) is 0 Å². The average Bonchev–Trinajstić information content (AvgIpc) is 2.19. The Kier molecular flexibility index (Phi) is 4.56. The van der Waals surface area contributed by atoms with Crippen LogP contribution < -0.4 is 5.32 Å². The molecular weight excluding hydrogens is 186 g/mol. The van der Waals surface area contributed by atoms with Crippen LogP contribution >= 0.6 is 0 Å². The highest BCUT2D eigenvalue weighted by atomic mass is 15.3. The molecule has 3 nitrogen and oxygen atoms in total. The topological polar surface area (TPSA) is 39.1 Å². The zero-order valence-electron chi connectivity index (χ0n) is 10.2. The van der Waals surface area contributed by atoms with Gasteiger partial charge in [-0.15, -0.1) is 0 Å². The first-order valence-corrected chi connectivity index (χ1v) is 5.95. The third-order valence-electron chi connectivity index (χ3n) is 3.24. The summed E-state index contributed by atoms with van der Waals surface area (Å²) in [5, 5.41) is 12.2. The molecular formula is C12H23N3. The Morgan fingerprint density at radius 1 is 1.53 bits per heavy atom. The molecule has 1 rings (SSSR count). The minimum Gasteiger partial charge on any atom is -0.310 e. The second-order valence-electron chi connectivity index (χ2n) is 5.05. The van der Waals surface area contributed by atoms with Crippen LogP contribution in [0.3, 0.4) is 0 Å². The van der Waals surface area contributed by atoms with Crippen LogP contribution in [-0.2, 0) is 0 Å². The molecule has 0 aromatic rings. The summed E-state index contributed by atoms with van der Waals surface area (Å²) >= 11 is 0. The zero-order valence-corrected chi connectivity index (χ0v) is 10.2. The number of hydrogen-bond donors (Lipinski definition) is 1. The van der Waals surface area contributed by atoms with Gasteiger partial charge in [0.1, 0.15) is 0 Å². The smallest absolute Gasteiger partial charge is 0.0638 e. The molecule has 1 atom stereocenters. The van der Waals surface area contributed by atoms with E-state index in [4.69, 9.17) is 5.26 Å². The van der Waals surface area contributed by atoms with Crippen molar-refractivity contribution in [3.8, 4) is 6.07 Å². The van der Waals surface area contributed by atoms with Gasteiger partial charge in [-0.2, -0.15) is 5.26 Å². The highest BCUT2D eigenvalue weighted by molar-refractivity contribution is 4.95. The molecule has 0 radical (unpaired) electrons. The summed E-state index contributed by atoms with van der Waals surface area (Å²) in [7, 11) is 0. The van der Waals surface area contributed by atoms with Crippen molar-refractivity contribution in [3.63, 3.8) is 0 Å². The van der Waals surface area contributed by atoms with E-state index in [-0.39, 0.29) is 5.54 Å². The number of unbranched alkanes of at least 4 members (excludes halogenated alkanes) is 1. The second-order valence-corrected chi connectivity index (χ2v) is 5.05.